The lowest BCUT2D eigenvalue weighted by Gasteiger charge is -2.46. The summed E-state index contributed by atoms with van der Waals surface area (Å²) in [4.78, 5) is 2.53. The molecule has 0 saturated carbocycles. The summed E-state index contributed by atoms with van der Waals surface area (Å²) < 4.78 is 0. The molecule has 0 aliphatic heterocycles. The minimum absolute atomic E-state index is 0.135. The quantitative estimate of drug-likeness (QED) is 0.167. The molecule has 63 heavy (non-hydrogen) atoms. The zero-order valence-electron chi connectivity index (χ0n) is 36.6. The topological polar surface area (TPSA) is 3.24 Å². The first-order valence-electron chi connectivity index (χ1n) is 22.4. The van der Waals surface area contributed by atoms with Crippen molar-refractivity contribution in [1.29, 1.82) is 0 Å². The van der Waals surface area contributed by atoms with Gasteiger partial charge in [0.25, 0.3) is 0 Å². The second kappa shape index (κ2) is 13.6. The molecule has 0 bridgehead atoms. The van der Waals surface area contributed by atoms with Crippen LogP contribution in [0, 0.1) is 6.92 Å². The molecule has 3 aliphatic rings. The van der Waals surface area contributed by atoms with Crippen molar-refractivity contribution in [2.45, 2.75) is 50.9 Å². The second-order valence-corrected chi connectivity index (χ2v) is 18.9. The van der Waals surface area contributed by atoms with Crippen molar-refractivity contribution < 1.29 is 0 Å². The molecule has 3 aliphatic carbocycles. The zero-order chi connectivity index (χ0) is 42.7. The Kier molecular flexibility index (Phi) is 8.13. The van der Waals surface area contributed by atoms with Gasteiger partial charge in [0.1, 0.15) is 0 Å². The number of anilines is 3. The number of aryl methyl sites for hydroxylation is 1. The summed E-state index contributed by atoms with van der Waals surface area (Å²) in [5, 5.41) is 0. The Morgan fingerprint density at radius 1 is 0.302 bits per heavy atom. The van der Waals surface area contributed by atoms with Crippen molar-refractivity contribution in [2.24, 2.45) is 0 Å². The molecule has 0 amide bonds. The number of benzene rings is 9. The Bertz CT molecular complexity index is 3240. The fourth-order valence-electron chi connectivity index (χ4n) is 11.8. The third-order valence-corrected chi connectivity index (χ3v) is 14.9. The molecule has 1 heteroatoms. The summed E-state index contributed by atoms with van der Waals surface area (Å²) in [5.41, 5.74) is 25.0. The Morgan fingerprint density at radius 3 is 1.32 bits per heavy atom. The first-order chi connectivity index (χ1) is 30.7. The monoisotopic (exact) mass is 807 g/mol. The number of hydrogen-bond acceptors (Lipinski definition) is 1. The van der Waals surface area contributed by atoms with Crippen LogP contribution >= 0.6 is 0 Å². The van der Waals surface area contributed by atoms with Crippen LogP contribution in [-0.2, 0) is 16.2 Å². The summed E-state index contributed by atoms with van der Waals surface area (Å²) in [6, 6.07) is 77.7. The van der Waals surface area contributed by atoms with Crippen molar-refractivity contribution in [3.8, 4) is 44.5 Å². The number of rotatable bonds is 5. The van der Waals surface area contributed by atoms with Gasteiger partial charge < -0.3 is 4.90 Å². The van der Waals surface area contributed by atoms with Crippen molar-refractivity contribution in [2.75, 3.05) is 4.90 Å². The molecule has 0 fully saturated rings. The molecule has 0 atom stereocenters. The number of hydrogen-bond donors (Lipinski definition) is 0. The highest BCUT2D eigenvalue weighted by Crippen LogP contribution is 2.63. The van der Waals surface area contributed by atoms with E-state index in [1.807, 2.05) is 0 Å². The van der Waals surface area contributed by atoms with Gasteiger partial charge in [-0.1, -0.05) is 198 Å². The normalized spacial score (nSPS) is 15.1. The van der Waals surface area contributed by atoms with Crippen molar-refractivity contribution in [3.05, 3.63) is 256 Å². The maximum atomic E-state index is 2.53. The minimum Gasteiger partial charge on any atom is -0.310 e. The van der Waals surface area contributed by atoms with Crippen LogP contribution in [0.5, 0.6) is 0 Å². The number of fused-ring (bicyclic) bond motifs is 12. The molecule has 1 nitrogen and oxygen atoms in total. The Hall–Kier alpha value is -7.22. The van der Waals surface area contributed by atoms with Crippen LogP contribution in [0.3, 0.4) is 0 Å². The average Bonchev–Trinajstić information content (AvgIpc) is 3.74. The molecule has 1 spiro atoms. The highest BCUT2D eigenvalue weighted by molar-refractivity contribution is 5.92. The van der Waals surface area contributed by atoms with Crippen LogP contribution in [0.15, 0.2) is 206 Å². The molecule has 0 saturated heterocycles. The molecule has 9 aromatic carbocycles. The summed E-state index contributed by atoms with van der Waals surface area (Å²) in [5.74, 6) is 0. The lowest BCUT2D eigenvalue weighted by atomic mass is 9.55. The van der Waals surface area contributed by atoms with E-state index in [1.165, 1.54) is 100 Å². The minimum atomic E-state index is -0.483. The summed E-state index contributed by atoms with van der Waals surface area (Å²) in [6.07, 6.45) is 0. The highest BCUT2D eigenvalue weighted by atomic mass is 15.1. The Morgan fingerprint density at radius 2 is 0.714 bits per heavy atom. The SMILES string of the molecule is Cc1cc(-c2ccc(-c3ccccc3)cc2)ccc1N(c1ccc2c(c1)C(C)(C)c1ccccc1-2)c1ccc2c(c1)C1(c3ccccc3-2)c2ccccc2C(C)(C)c2ccccc21. The Labute approximate surface area is 372 Å². The van der Waals surface area contributed by atoms with Gasteiger partial charge in [-0.2, -0.15) is 0 Å². The van der Waals surface area contributed by atoms with Gasteiger partial charge in [-0.05, 0) is 138 Å². The third kappa shape index (κ3) is 5.29. The number of nitrogens with zero attached hydrogens (tertiary/aromatic N) is 1. The van der Waals surface area contributed by atoms with Gasteiger partial charge in [-0.25, -0.2) is 0 Å². The lowest BCUT2D eigenvalue weighted by molar-refractivity contribution is 0.563. The predicted molar refractivity (Wildman–Crippen MR) is 264 cm³/mol. The van der Waals surface area contributed by atoms with Crippen LogP contribution in [-0.4, -0.2) is 0 Å². The lowest BCUT2D eigenvalue weighted by Crippen LogP contribution is -2.40. The van der Waals surface area contributed by atoms with Gasteiger partial charge in [0.2, 0.25) is 0 Å². The van der Waals surface area contributed by atoms with E-state index in [9.17, 15) is 0 Å². The van der Waals surface area contributed by atoms with E-state index in [2.05, 4.69) is 246 Å². The van der Waals surface area contributed by atoms with Crippen LogP contribution in [0.1, 0.15) is 77.8 Å². The van der Waals surface area contributed by atoms with E-state index in [1.54, 1.807) is 0 Å². The molecular formula is C62H49N. The van der Waals surface area contributed by atoms with E-state index < -0.39 is 5.41 Å². The summed E-state index contributed by atoms with van der Waals surface area (Å²) >= 11 is 0. The van der Waals surface area contributed by atoms with Crippen LogP contribution in [0.25, 0.3) is 44.5 Å². The largest absolute Gasteiger partial charge is 0.310 e. The first kappa shape index (κ1) is 37.5. The maximum Gasteiger partial charge on any atom is 0.0720 e. The molecule has 9 aromatic rings. The predicted octanol–water partition coefficient (Wildman–Crippen LogP) is 16.1. The molecule has 302 valence electrons. The fraction of sp³-hybridized carbons (Fsp3) is 0.129. The van der Waals surface area contributed by atoms with Gasteiger partial charge >= 0.3 is 0 Å². The maximum absolute atomic E-state index is 2.53. The Balaban J connectivity index is 1.07. The second-order valence-electron chi connectivity index (χ2n) is 18.9. The van der Waals surface area contributed by atoms with E-state index in [-0.39, 0.29) is 10.8 Å². The van der Waals surface area contributed by atoms with Gasteiger partial charge in [0, 0.05) is 27.9 Å². The molecule has 0 heterocycles. The van der Waals surface area contributed by atoms with Gasteiger partial charge in [-0.3, -0.25) is 0 Å². The van der Waals surface area contributed by atoms with Crippen molar-refractivity contribution >= 4 is 17.1 Å². The van der Waals surface area contributed by atoms with Gasteiger partial charge in [0.05, 0.1) is 5.41 Å². The smallest absolute Gasteiger partial charge is 0.0720 e. The molecule has 12 rings (SSSR count). The van der Waals surface area contributed by atoms with Crippen LogP contribution < -0.4 is 4.90 Å². The standard InChI is InChI=1S/C62H49N/c1-40-37-44(43-29-27-42(28-30-43)41-17-7-6-8-18-41)31-36-59(40)63(45-32-34-49-47-19-9-11-21-51(47)60(2,3)57(49)38-45)46-33-35-50-48-20-10-12-22-52(48)62(58(50)39-46)55-25-15-13-23-53(55)61(4,5)54-24-14-16-26-56(54)62/h6-39H,1-5H3. The molecule has 0 unspecified atom stereocenters. The highest BCUT2D eigenvalue weighted by Gasteiger charge is 2.53. The van der Waals surface area contributed by atoms with Crippen LogP contribution in [0.4, 0.5) is 17.1 Å². The molecule has 0 N–H and O–H groups in total. The first-order valence-corrected chi connectivity index (χ1v) is 22.4. The third-order valence-electron chi connectivity index (χ3n) is 14.9. The molecular weight excluding hydrogens is 759 g/mol. The van der Waals surface area contributed by atoms with Gasteiger partial charge in [0.15, 0.2) is 0 Å². The summed E-state index contributed by atoms with van der Waals surface area (Å²) in [6.45, 7) is 11.8. The van der Waals surface area contributed by atoms with Crippen LogP contribution in [0.2, 0.25) is 0 Å². The average molecular weight is 808 g/mol. The molecule has 0 aromatic heterocycles. The van der Waals surface area contributed by atoms with Crippen molar-refractivity contribution in [3.63, 3.8) is 0 Å². The van der Waals surface area contributed by atoms with Gasteiger partial charge in [-0.15, -0.1) is 0 Å². The van der Waals surface area contributed by atoms with Crippen molar-refractivity contribution in [1.82, 2.24) is 0 Å². The van der Waals surface area contributed by atoms with E-state index >= 15 is 0 Å². The van der Waals surface area contributed by atoms with E-state index in [0.29, 0.717) is 0 Å². The molecule has 0 radical (unpaired) electrons. The zero-order valence-corrected chi connectivity index (χ0v) is 36.6. The summed E-state index contributed by atoms with van der Waals surface area (Å²) in [7, 11) is 0. The van der Waals surface area contributed by atoms with E-state index in [4.69, 9.17) is 0 Å². The van der Waals surface area contributed by atoms with E-state index in [0.717, 1.165) is 11.4 Å². The fourth-order valence-corrected chi connectivity index (χ4v) is 11.8.